The van der Waals surface area contributed by atoms with E-state index >= 15 is 0 Å². The van der Waals surface area contributed by atoms with E-state index in [4.69, 9.17) is 0 Å². The normalized spacial score (nSPS) is 52.5. The number of aliphatic hydroxyl groups excluding tert-OH is 3. The van der Waals surface area contributed by atoms with Crippen molar-refractivity contribution in [2.24, 2.45) is 46.3 Å². The third kappa shape index (κ3) is 3.46. The average Bonchev–Trinajstić information content (AvgIpc) is 3.08. The Balaban J connectivity index is 1.58. The number of fused-ring (bicyclic) bond motifs is 5. The molecular formula is C28H48O4. The van der Waals surface area contributed by atoms with Crippen LogP contribution in [0.1, 0.15) is 92.4 Å². The van der Waals surface area contributed by atoms with E-state index in [9.17, 15) is 20.4 Å². The molecule has 4 heteroatoms. The van der Waals surface area contributed by atoms with Gasteiger partial charge in [0, 0.05) is 11.8 Å². The fourth-order valence-electron chi connectivity index (χ4n) is 9.15. The van der Waals surface area contributed by atoms with E-state index in [0.29, 0.717) is 48.9 Å². The zero-order valence-electron chi connectivity index (χ0n) is 21.1. The predicted octanol–water partition coefficient (Wildman–Crippen LogP) is 4.69. The fourth-order valence-corrected chi connectivity index (χ4v) is 9.15. The van der Waals surface area contributed by atoms with Gasteiger partial charge in [0.05, 0.1) is 23.9 Å². The van der Waals surface area contributed by atoms with Gasteiger partial charge >= 0.3 is 0 Å². The minimum Gasteiger partial charge on any atom is -0.393 e. The summed E-state index contributed by atoms with van der Waals surface area (Å²) in [4.78, 5) is 0. The van der Waals surface area contributed by atoms with Crippen LogP contribution in [0.5, 0.6) is 0 Å². The summed E-state index contributed by atoms with van der Waals surface area (Å²) in [5, 5.41) is 44.8. The Morgan fingerprint density at radius 2 is 1.66 bits per heavy atom. The third-order valence-corrected chi connectivity index (χ3v) is 11.6. The van der Waals surface area contributed by atoms with E-state index in [2.05, 4.69) is 41.2 Å². The summed E-state index contributed by atoms with van der Waals surface area (Å²) in [6, 6.07) is 0. The topological polar surface area (TPSA) is 80.9 Å². The second kappa shape index (κ2) is 8.36. The quantitative estimate of drug-likeness (QED) is 0.460. The molecule has 12 atom stereocenters. The third-order valence-electron chi connectivity index (χ3n) is 11.6. The zero-order valence-corrected chi connectivity index (χ0v) is 21.1. The van der Waals surface area contributed by atoms with Gasteiger partial charge in [-0.15, -0.1) is 0 Å². The maximum atomic E-state index is 11.7. The molecule has 0 aliphatic heterocycles. The first kappa shape index (κ1) is 24.7. The molecule has 4 N–H and O–H groups in total. The van der Waals surface area contributed by atoms with E-state index in [-0.39, 0.29) is 23.9 Å². The van der Waals surface area contributed by atoms with E-state index in [1.54, 1.807) is 0 Å². The van der Waals surface area contributed by atoms with Crippen LogP contribution in [0.25, 0.3) is 0 Å². The average molecular weight is 449 g/mol. The van der Waals surface area contributed by atoms with Crippen molar-refractivity contribution in [1.29, 1.82) is 0 Å². The van der Waals surface area contributed by atoms with Crippen molar-refractivity contribution in [3.8, 4) is 0 Å². The summed E-state index contributed by atoms with van der Waals surface area (Å²) in [6.07, 6.45) is 5.84. The van der Waals surface area contributed by atoms with E-state index in [1.165, 1.54) is 12.0 Å². The Kier molecular flexibility index (Phi) is 6.45. The molecule has 0 saturated heterocycles. The van der Waals surface area contributed by atoms with Gasteiger partial charge < -0.3 is 20.4 Å². The van der Waals surface area contributed by atoms with Gasteiger partial charge in [-0.3, -0.25) is 0 Å². The lowest BCUT2D eigenvalue weighted by atomic mass is 9.41. The van der Waals surface area contributed by atoms with Gasteiger partial charge in [-0.25, -0.2) is 0 Å². The lowest BCUT2D eigenvalue weighted by molar-refractivity contribution is -0.275. The molecule has 4 aliphatic carbocycles. The summed E-state index contributed by atoms with van der Waals surface area (Å²) < 4.78 is 0. The molecule has 4 nitrogen and oxygen atoms in total. The summed E-state index contributed by atoms with van der Waals surface area (Å²) >= 11 is 0. The van der Waals surface area contributed by atoms with Crippen LogP contribution in [-0.4, -0.2) is 44.3 Å². The molecule has 0 spiro atoms. The van der Waals surface area contributed by atoms with Gasteiger partial charge in [0.2, 0.25) is 0 Å². The molecule has 4 rings (SSSR count). The highest BCUT2D eigenvalue weighted by molar-refractivity contribution is 5.18. The van der Waals surface area contributed by atoms with Crippen LogP contribution >= 0.6 is 0 Å². The molecule has 4 aliphatic rings. The van der Waals surface area contributed by atoms with Gasteiger partial charge in [-0.2, -0.15) is 0 Å². The maximum absolute atomic E-state index is 11.7. The smallest absolute Gasteiger partial charge is 0.0985 e. The lowest BCUT2D eigenvalue weighted by Crippen LogP contribution is -2.70. The van der Waals surface area contributed by atoms with Gasteiger partial charge in [0.25, 0.3) is 0 Å². The second-order valence-electron chi connectivity index (χ2n) is 13.0. The number of aliphatic hydroxyl groups is 4. The van der Waals surface area contributed by atoms with Gasteiger partial charge in [-0.05, 0) is 99.2 Å². The number of rotatable bonds is 5. The molecule has 5 unspecified atom stereocenters. The molecule has 4 saturated carbocycles. The molecule has 32 heavy (non-hydrogen) atoms. The van der Waals surface area contributed by atoms with Crippen LogP contribution in [0.15, 0.2) is 12.2 Å². The first-order valence-corrected chi connectivity index (χ1v) is 13.3. The Morgan fingerprint density at radius 1 is 0.969 bits per heavy atom. The van der Waals surface area contributed by atoms with E-state index in [1.807, 2.05) is 0 Å². The van der Waals surface area contributed by atoms with Crippen molar-refractivity contribution in [3.63, 3.8) is 0 Å². The highest BCUT2D eigenvalue weighted by Gasteiger charge is 2.69. The van der Waals surface area contributed by atoms with Crippen molar-refractivity contribution < 1.29 is 20.4 Å². The Morgan fingerprint density at radius 3 is 2.31 bits per heavy atom. The largest absolute Gasteiger partial charge is 0.393 e. The zero-order chi connectivity index (χ0) is 23.6. The molecule has 0 aromatic heterocycles. The van der Waals surface area contributed by atoms with Crippen molar-refractivity contribution in [2.75, 3.05) is 0 Å². The van der Waals surface area contributed by atoms with Crippen molar-refractivity contribution >= 4 is 0 Å². The molecular weight excluding hydrogens is 400 g/mol. The Bertz CT molecular complexity index is 722. The van der Waals surface area contributed by atoms with Gasteiger partial charge in [0.1, 0.15) is 0 Å². The minimum atomic E-state index is -1.25. The molecule has 0 amide bonds. The molecule has 0 radical (unpaired) electrons. The van der Waals surface area contributed by atoms with Crippen LogP contribution in [-0.2, 0) is 0 Å². The van der Waals surface area contributed by atoms with Crippen LogP contribution in [0, 0.1) is 46.3 Å². The van der Waals surface area contributed by atoms with Crippen molar-refractivity contribution in [1.82, 2.24) is 0 Å². The Hall–Kier alpha value is -0.420. The van der Waals surface area contributed by atoms with Crippen LogP contribution in [0.3, 0.4) is 0 Å². The minimum absolute atomic E-state index is 0.118. The van der Waals surface area contributed by atoms with E-state index < -0.39 is 23.2 Å². The van der Waals surface area contributed by atoms with Gasteiger partial charge in [0.15, 0.2) is 0 Å². The molecule has 184 valence electrons. The second-order valence-corrected chi connectivity index (χ2v) is 13.0. The first-order valence-electron chi connectivity index (χ1n) is 13.3. The van der Waals surface area contributed by atoms with Crippen molar-refractivity contribution in [3.05, 3.63) is 12.2 Å². The summed E-state index contributed by atoms with van der Waals surface area (Å²) in [7, 11) is 0. The first-order chi connectivity index (χ1) is 14.9. The maximum Gasteiger partial charge on any atom is 0.0985 e. The Labute approximate surface area is 195 Å². The number of allylic oxidation sites excluding steroid dienone is 1. The highest BCUT2D eigenvalue weighted by atomic mass is 16.3. The van der Waals surface area contributed by atoms with Crippen LogP contribution in [0.4, 0.5) is 0 Å². The molecule has 0 bridgehead atoms. The van der Waals surface area contributed by atoms with Crippen LogP contribution in [0.2, 0.25) is 0 Å². The molecule has 4 fully saturated rings. The predicted molar refractivity (Wildman–Crippen MR) is 128 cm³/mol. The lowest BCUT2D eigenvalue weighted by Gasteiger charge is -2.66. The summed E-state index contributed by atoms with van der Waals surface area (Å²) in [6.45, 7) is 15.3. The summed E-state index contributed by atoms with van der Waals surface area (Å²) in [5.41, 5.74) is -0.559. The number of hydrogen-bond donors (Lipinski definition) is 4. The molecule has 0 aromatic carbocycles. The monoisotopic (exact) mass is 448 g/mol. The van der Waals surface area contributed by atoms with Crippen LogP contribution < -0.4 is 0 Å². The fraction of sp³-hybridized carbons (Fsp3) is 0.929. The van der Waals surface area contributed by atoms with Crippen molar-refractivity contribution in [2.45, 2.75) is 116 Å². The molecule has 0 heterocycles. The highest BCUT2D eigenvalue weighted by Crippen LogP contribution is 2.69. The summed E-state index contributed by atoms with van der Waals surface area (Å²) in [5.74, 6) is 2.53. The molecule has 0 aromatic rings. The van der Waals surface area contributed by atoms with Gasteiger partial charge in [-0.1, -0.05) is 39.8 Å². The number of hydrogen-bond acceptors (Lipinski definition) is 4. The SMILES string of the molecule is C=C(C)[C@@H](C)CC[C@@H](C)C1CCC2[C@@H]3C[C@@H](O)[C@@]4(O)C[C@@H](O)CCC4(C)C3C[C@@H](O)C21C. The van der Waals surface area contributed by atoms with E-state index in [0.717, 1.165) is 25.7 Å². The standard InChI is InChI=1S/C28H48O4/c1-16(2)17(3)7-8-18(4)21-9-10-22-20-13-25(31)28(32)15-19(29)11-12-26(28,5)23(20)14-24(30)27(21,22)6/h17-25,29-32H,1,7-15H2,2-6H3/t17-,18+,19-,20-,21?,22?,23?,24+,25+,26?,27?,28-/m0/s1.